The Bertz CT molecular complexity index is 172. The van der Waals surface area contributed by atoms with Crippen LogP contribution in [-0.4, -0.2) is 18.8 Å². The number of ether oxygens (including phenoxy) is 1. The predicted octanol–water partition coefficient (Wildman–Crippen LogP) is 2.96. The third-order valence-corrected chi connectivity index (χ3v) is 3.48. The lowest BCUT2D eigenvalue weighted by Gasteiger charge is -2.33. The van der Waals surface area contributed by atoms with Gasteiger partial charge in [0.15, 0.2) is 0 Å². The van der Waals surface area contributed by atoms with Gasteiger partial charge in [-0.2, -0.15) is 0 Å². The van der Waals surface area contributed by atoms with Gasteiger partial charge in [0.05, 0.1) is 6.10 Å². The van der Waals surface area contributed by atoms with Gasteiger partial charge in [0, 0.05) is 12.6 Å². The molecule has 0 aromatic carbocycles. The Labute approximate surface area is 94.6 Å². The van der Waals surface area contributed by atoms with E-state index in [1.54, 1.807) is 0 Å². The van der Waals surface area contributed by atoms with E-state index in [1.807, 2.05) is 0 Å². The van der Waals surface area contributed by atoms with E-state index in [-0.39, 0.29) is 6.04 Å². The van der Waals surface area contributed by atoms with E-state index in [0.29, 0.717) is 12.0 Å². The maximum absolute atomic E-state index is 6.08. The van der Waals surface area contributed by atoms with E-state index < -0.39 is 0 Å². The Kier molecular flexibility index (Phi) is 5.62. The number of nitrogens with two attached hydrogens (primary N) is 1. The summed E-state index contributed by atoms with van der Waals surface area (Å²) in [6.45, 7) is 7.68. The van der Waals surface area contributed by atoms with Crippen molar-refractivity contribution in [2.24, 2.45) is 17.6 Å². The van der Waals surface area contributed by atoms with Crippen molar-refractivity contribution in [3.05, 3.63) is 0 Å². The van der Waals surface area contributed by atoms with Crippen molar-refractivity contribution in [1.82, 2.24) is 0 Å². The Morgan fingerprint density at radius 2 is 2.13 bits per heavy atom. The van der Waals surface area contributed by atoms with Crippen LogP contribution >= 0.6 is 0 Å². The van der Waals surface area contributed by atoms with Crippen LogP contribution in [0.3, 0.4) is 0 Å². The highest BCUT2D eigenvalue weighted by Crippen LogP contribution is 2.25. The van der Waals surface area contributed by atoms with Gasteiger partial charge in [-0.15, -0.1) is 0 Å². The fourth-order valence-corrected chi connectivity index (χ4v) is 2.41. The summed E-state index contributed by atoms with van der Waals surface area (Å²) in [6.07, 6.45) is 6.38. The topological polar surface area (TPSA) is 35.2 Å². The van der Waals surface area contributed by atoms with E-state index in [0.717, 1.165) is 25.4 Å². The van der Waals surface area contributed by atoms with Crippen LogP contribution in [0.2, 0.25) is 0 Å². The lowest BCUT2D eigenvalue weighted by molar-refractivity contribution is -0.0135. The summed E-state index contributed by atoms with van der Waals surface area (Å²) in [5.41, 5.74) is 6.08. The fourth-order valence-electron chi connectivity index (χ4n) is 2.41. The Hall–Kier alpha value is -0.0800. The zero-order chi connectivity index (χ0) is 11.3. The molecule has 1 aliphatic carbocycles. The van der Waals surface area contributed by atoms with E-state index in [2.05, 4.69) is 20.8 Å². The molecular weight excluding hydrogens is 186 g/mol. The van der Waals surface area contributed by atoms with Gasteiger partial charge in [0.2, 0.25) is 0 Å². The van der Waals surface area contributed by atoms with Crippen molar-refractivity contribution in [1.29, 1.82) is 0 Å². The van der Waals surface area contributed by atoms with Crippen LogP contribution in [0, 0.1) is 11.8 Å². The predicted molar refractivity (Wildman–Crippen MR) is 64.8 cm³/mol. The van der Waals surface area contributed by atoms with Crippen molar-refractivity contribution in [2.45, 2.75) is 65.0 Å². The van der Waals surface area contributed by atoms with Crippen LogP contribution in [0.25, 0.3) is 0 Å². The molecule has 4 atom stereocenters. The summed E-state index contributed by atoms with van der Waals surface area (Å²) in [7, 11) is 0. The van der Waals surface area contributed by atoms with E-state index in [9.17, 15) is 0 Å². The summed E-state index contributed by atoms with van der Waals surface area (Å²) in [5.74, 6) is 1.47. The first kappa shape index (κ1) is 13.0. The zero-order valence-electron chi connectivity index (χ0n) is 10.5. The largest absolute Gasteiger partial charge is 0.376 e. The molecule has 0 amide bonds. The second-order valence-corrected chi connectivity index (χ2v) is 5.35. The van der Waals surface area contributed by atoms with Crippen molar-refractivity contribution >= 4 is 0 Å². The molecule has 0 bridgehead atoms. The summed E-state index contributed by atoms with van der Waals surface area (Å²) in [5, 5.41) is 0. The van der Waals surface area contributed by atoms with Gasteiger partial charge in [0.25, 0.3) is 0 Å². The number of hydrogen-bond donors (Lipinski definition) is 1. The van der Waals surface area contributed by atoms with Crippen LogP contribution < -0.4 is 5.73 Å². The monoisotopic (exact) mass is 213 g/mol. The van der Waals surface area contributed by atoms with Crippen molar-refractivity contribution in [2.75, 3.05) is 6.61 Å². The molecule has 2 heteroatoms. The highest BCUT2D eigenvalue weighted by Gasteiger charge is 2.26. The lowest BCUT2D eigenvalue weighted by Crippen LogP contribution is -2.42. The standard InChI is InChI=1S/C13H27NO/c1-4-5-11(3)9-15-13-8-10(2)6-7-12(13)14/h10-13H,4-9,14H2,1-3H3. The fraction of sp³-hybridized carbons (Fsp3) is 1.00. The van der Waals surface area contributed by atoms with Crippen LogP contribution in [0.15, 0.2) is 0 Å². The quantitative estimate of drug-likeness (QED) is 0.762. The maximum atomic E-state index is 6.08. The molecule has 0 saturated heterocycles. The molecule has 90 valence electrons. The molecular formula is C13H27NO. The molecule has 0 aromatic heterocycles. The molecule has 2 nitrogen and oxygen atoms in total. The van der Waals surface area contributed by atoms with E-state index in [4.69, 9.17) is 10.5 Å². The van der Waals surface area contributed by atoms with E-state index in [1.165, 1.54) is 19.3 Å². The second kappa shape index (κ2) is 6.49. The molecule has 1 aliphatic rings. The first-order chi connectivity index (χ1) is 7.13. The van der Waals surface area contributed by atoms with Crippen LogP contribution in [-0.2, 0) is 4.74 Å². The minimum Gasteiger partial charge on any atom is -0.376 e. The van der Waals surface area contributed by atoms with Crippen molar-refractivity contribution in [3.63, 3.8) is 0 Å². The first-order valence-corrected chi connectivity index (χ1v) is 6.50. The summed E-state index contributed by atoms with van der Waals surface area (Å²) < 4.78 is 5.95. The van der Waals surface area contributed by atoms with Gasteiger partial charge in [-0.25, -0.2) is 0 Å². The van der Waals surface area contributed by atoms with Crippen molar-refractivity contribution < 1.29 is 4.74 Å². The molecule has 0 radical (unpaired) electrons. The molecule has 0 spiro atoms. The Morgan fingerprint density at radius 1 is 1.40 bits per heavy atom. The average molecular weight is 213 g/mol. The molecule has 0 aliphatic heterocycles. The minimum atomic E-state index is 0.273. The SMILES string of the molecule is CCCC(C)COC1CC(C)CCC1N. The van der Waals surface area contributed by atoms with Crippen LogP contribution in [0.4, 0.5) is 0 Å². The van der Waals surface area contributed by atoms with E-state index >= 15 is 0 Å². The van der Waals surface area contributed by atoms with Gasteiger partial charge in [-0.3, -0.25) is 0 Å². The zero-order valence-corrected chi connectivity index (χ0v) is 10.5. The maximum Gasteiger partial charge on any atom is 0.0728 e. The molecule has 0 aromatic rings. The smallest absolute Gasteiger partial charge is 0.0728 e. The average Bonchev–Trinajstić information content (AvgIpc) is 2.20. The molecule has 0 heterocycles. The molecule has 2 N–H and O–H groups in total. The molecule has 1 fully saturated rings. The normalized spacial score (nSPS) is 34.0. The van der Waals surface area contributed by atoms with Crippen molar-refractivity contribution in [3.8, 4) is 0 Å². The minimum absolute atomic E-state index is 0.273. The summed E-state index contributed by atoms with van der Waals surface area (Å²) in [4.78, 5) is 0. The molecule has 4 unspecified atom stereocenters. The van der Waals surface area contributed by atoms with Gasteiger partial charge >= 0.3 is 0 Å². The summed E-state index contributed by atoms with van der Waals surface area (Å²) >= 11 is 0. The van der Waals surface area contributed by atoms with Gasteiger partial charge < -0.3 is 10.5 Å². The van der Waals surface area contributed by atoms with Crippen LogP contribution in [0.5, 0.6) is 0 Å². The van der Waals surface area contributed by atoms with Gasteiger partial charge in [0.1, 0.15) is 0 Å². The molecule has 1 saturated carbocycles. The summed E-state index contributed by atoms with van der Waals surface area (Å²) in [6, 6.07) is 0.273. The third-order valence-electron chi connectivity index (χ3n) is 3.48. The van der Waals surface area contributed by atoms with Gasteiger partial charge in [-0.05, 0) is 37.5 Å². The first-order valence-electron chi connectivity index (χ1n) is 6.50. The Balaban J connectivity index is 2.23. The Morgan fingerprint density at radius 3 is 2.80 bits per heavy atom. The third kappa shape index (κ3) is 4.52. The molecule has 1 rings (SSSR count). The van der Waals surface area contributed by atoms with Crippen LogP contribution in [0.1, 0.15) is 52.9 Å². The van der Waals surface area contributed by atoms with Gasteiger partial charge in [-0.1, -0.05) is 27.2 Å². The lowest BCUT2D eigenvalue weighted by atomic mass is 9.85. The second-order valence-electron chi connectivity index (χ2n) is 5.35. The highest BCUT2D eigenvalue weighted by molar-refractivity contribution is 4.81. The number of rotatable bonds is 5. The molecule has 15 heavy (non-hydrogen) atoms. The number of hydrogen-bond acceptors (Lipinski definition) is 2. The highest BCUT2D eigenvalue weighted by atomic mass is 16.5.